The van der Waals surface area contributed by atoms with Crippen LogP contribution in [0.15, 0.2) is 52.4 Å². The van der Waals surface area contributed by atoms with Gasteiger partial charge in [-0.1, -0.05) is 17.7 Å². The number of rotatable bonds is 3. The highest BCUT2D eigenvalue weighted by Gasteiger charge is 2.24. The van der Waals surface area contributed by atoms with Crippen LogP contribution in [0, 0.1) is 12.7 Å². The Morgan fingerprint density at radius 2 is 1.92 bits per heavy atom. The van der Waals surface area contributed by atoms with Crippen molar-refractivity contribution in [3.05, 3.63) is 59.0 Å². The van der Waals surface area contributed by atoms with Crippen LogP contribution in [0.1, 0.15) is 5.56 Å². The number of ether oxygens (including phenoxy) is 1. The van der Waals surface area contributed by atoms with Crippen molar-refractivity contribution in [3.8, 4) is 5.75 Å². The Kier molecular flexibility index (Phi) is 4.19. The summed E-state index contributed by atoms with van der Waals surface area (Å²) in [5, 5.41) is 0.476. The number of nitrogens with zero attached hydrogens (tertiary/aromatic N) is 1. The molecule has 0 spiro atoms. The van der Waals surface area contributed by atoms with E-state index in [2.05, 4.69) is 4.98 Å². The van der Waals surface area contributed by atoms with Gasteiger partial charge in [-0.25, -0.2) is 12.8 Å². The Hall–Kier alpha value is -2.18. The summed E-state index contributed by atoms with van der Waals surface area (Å²) < 4.78 is 44.5. The SMILES string of the molecule is COc1ccc2ncc(S(=O)(=O)c3ccc(C)c(F)c3)c(Cl)c2c1. The van der Waals surface area contributed by atoms with Crippen molar-refractivity contribution in [1.29, 1.82) is 0 Å². The quantitative estimate of drug-likeness (QED) is 0.698. The first-order valence-electron chi connectivity index (χ1n) is 6.98. The number of fused-ring (bicyclic) bond motifs is 1. The van der Waals surface area contributed by atoms with Gasteiger partial charge >= 0.3 is 0 Å². The van der Waals surface area contributed by atoms with Gasteiger partial charge in [-0.05, 0) is 42.8 Å². The second-order valence-corrected chi connectivity index (χ2v) is 7.53. The lowest BCUT2D eigenvalue weighted by atomic mass is 10.2. The van der Waals surface area contributed by atoms with Crippen molar-refractivity contribution in [1.82, 2.24) is 4.98 Å². The van der Waals surface area contributed by atoms with Crippen molar-refractivity contribution < 1.29 is 17.5 Å². The molecule has 0 saturated heterocycles. The number of aryl methyl sites for hydroxylation is 1. The third-order valence-electron chi connectivity index (χ3n) is 3.72. The molecule has 0 aliphatic rings. The molecule has 0 bridgehead atoms. The first kappa shape index (κ1) is 16.7. The lowest BCUT2D eigenvalue weighted by Gasteiger charge is -2.10. The smallest absolute Gasteiger partial charge is 0.209 e. The van der Waals surface area contributed by atoms with Crippen molar-refractivity contribution in [3.63, 3.8) is 0 Å². The molecule has 0 radical (unpaired) electrons. The number of aromatic nitrogens is 1. The number of benzene rings is 2. The maximum Gasteiger partial charge on any atom is 0.209 e. The summed E-state index contributed by atoms with van der Waals surface area (Å²) in [7, 11) is -2.50. The fraction of sp³-hybridized carbons (Fsp3) is 0.118. The topological polar surface area (TPSA) is 56.3 Å². The van der Waals surface area contributed by atoms with Crippen molar-refractivity contribution in [2.75, 3.05) is 7.11 Å². The van der Waals surface area contributed by atoms with E-state index in [4.69, 9.17) is 16.3 Å². The number of pyridine rings is 1. The molecule has 0 saturated carbocycles. The van der Waals surface area contributed by atoms with Crippen LogP contribution in [-0.2, 0) is 9.84 Å². The summed E-state index contributed by atoms with van der Waals surface area (Å²) >= 11 is 6.31. The Bertz CT molecular complexity index is 1050. The molecule has 1 heterocycles. The van der Waals surface area contributed by atoms with E-state index < -0.39 is 15.7 Å². The minimum absolute atomic E-state index is 0.0277. The maximum atomic E-state index is 13.7. The molecule has 0 atom stereocenters. The van der Waals surface area contributed by atoms with E-state index >= 15 is 0 Å². The molecule has 3 aromatic rings. The highest BCUT2D eigenvalue weighted by molar-refractivity contribution is 7.91. The standard InChI is InChI=1S/C17H13ClFNO3S/c1-10-3-5-12(8-14(10)19)24(21,22)16-9-20-15-6-4-11(23-2)7-13(15)17(16)18/h3-9H,1-2H3. The van der Waals surface area contributed by atoms with E-state index in [1.807, 2.05) is 0 Å². The summed E-state index contributed by atoms with van der Waals surface area (Å²) in [6, 6.07) is 8.74. The van der Waals surface area contributed by atoms with E-state index in [1.165, 1.54) is 25.4 Å². The third kappa shape index (κ3) is 2.72. The molecule has 0 fully saturated rings. The molecule has 0 aliphatic heterocycles. The fourth-order valence-electron chi connectivity index (χ4n) is 2.30. The second-order valence-electron chi connectivity index (χ2n) is 5.23. The van der Waals surface area contributed by atoms with Crippen molar-refractivity contribution >= 4 is 32.3 Å². The lowest BCUT2D eigenvalue weighted by molar-refractivity contribution is 0.415. The Balaban J connectivity index is 2.24. The number of halogens is 2. The highest BCUT2D eigenvalue weighted by Crippen LogP contribution is 2.34. The zero-order valence-corrected chi connectivity index (χ0v) is 14.5. The summed E-state index contributed by atoms with van der Waals surface area (Å²) in [4.78, 5) is 3.79. The minimum atomic E-state index is -4.00. The van der Waals surface area contributed by atoms with Gasteiger partial charge in [-0.2, -0.15) is 0 Å². The van der Waals surface area contributed by atoms with Crippen LogP contribution in [0.25, 0.3) is 10.9 Å². The van der Waals surface area contributed by atoms with E-state index in [9.17, 15) is 12.8 Å². The van der Waals surface area contributed by atoms with Gasteiger partial charge in [0.25, 0.3) is 0 Å². The van der Waals surface area contributed by atoms with Crippen LogP contribution in [0.2, 0.25) is 5.02 Å². The van der Waals surface area contributed by atoms with E-state index in [0.717, 1.165) is 6.07 Å². The van der Waals surface area contributed by atoms with E-state index in [-0.39, 0.29) is 14.8 Å². The molecular weight excluding hydrogens is 353 g/mol. The molecule has 0 aliphatic carbocycles. The van der Waals surface area contributed by atoms with Crippen molar-refractivity contribution in [2.24, 2.45) is 0 Å². The maximum absolute atomic E-state index is 13.7. The molecule has 24 heavy (non-hydrogen) atoms. The highest BCUT2D eigenvalue weighted by atomic mass is 35.5. The summed E-state index contributed by atoms with van der Waals surface area (Å²) in [5.41, 5.74) is 0.899. The molecule has 4 nitrogen and oxygen atoms in total. The predicted molar refractivity (Wildman–Crippen MR) is 89.9 cm³/mol. The molecular formula is C17H13ClFNO3S. The van der Waals surface area contributed by atoms with Crippen LogP contribution in [-0.4, -0.2) is 20.5 Å². The lowest BCUT2D eigenvalue weighted by Crippen LogP contribution is -2.05. The minimum Gasteiger partial charge on any atom is -0.497 e. The Morgan fingerprint density at radius 3 is 2.58 bits per heavy atom. The summed E-state index contributed by atoms with van der Waals surface area (Å²) in [5.74, 6) is -0.0651. The van der Waals surface area contributed by atoms with Gasteiger partial charge in [-0.3, -0.25) is 4.98 Å². The summed E-state index contributed by atoms with van der Waals surface area (Å²) in [6.07, 6.45) is 1.18. The zero-order valence-electron chi connectivity index (χ0n) is 12.9. The molecule has 3 rings (SSSR count). The molecule has 0 amide bonds. The molecule has 0 unspecified atom stereocenters. The van der Waals surface area contributed by atoms with Gasteiger partial charge in [-0.15, -0.1) is 0 Å². The monoisotopic (exact) mass is 365 g/mol. The van der Waals surface area contributed by atoms with Gasteiger partial charge in [0.05, 0.1) is 22.5 Å². The average Bonchev–Trinajstić information content (AvgIpc) is 2.57. The van der Waals surface area contributed by atoms with E-state index in [0.29, 0.717) is 22.2 Å². The van der Waals surface area contributed by atoms with Crippen LogP contribution < -0.4 is 4.74 Å². The fourth-order valence-corrected chi connectivity index (χ4v) is 4.11. The molecule has 124 valence electrons. The van der Waals surface area contributed by atoms with Gasteiger partial charge in [0.15, 0.2) is 0 Å². The molecule has 7 heteroatoms. The molecule has 1 aromatic heterocycles. The normalized spacial score (nSPS) is 11.7. The van der Waals surface area contributed by atoms with Gasteiger partial charge in [0.1, 0.15) is 16.5 Å². The first-order valence-corrected chi connectivity index (χ1v) is 8.84. The average molecular weight is 366 g/mol. The van der Waals surface area contributed by atoms with E-state index in [1.54, 1.807) is 25.1 Å². The van der Waals surface area contributed by atoms with Crippen LogP contribution in [0.3, 0.4) is 0 Å². The number of hydrogen-bond acceptors (Lipinski definition) is 4. The van der Waals surface area contributed by atoms with Crippen molar-refractivity contribution in [2.45, 2.75) is 16.7 Å². The largest absolute Gasteiger partial charge is 0.497 e. The van der Waals surface area contributed by atoms with Crippen LogP contribution in [0.5, 0.6) is 5.75 Å². The van der Waals surface area contributed by atoms with Crippen LogP contribution >= 0.6 is 11.6 Å². The number of methoxy groups -OCH3 is 1. The zero-order chi connectivity index (χ0) is 17.5. The third-order valence-corrected chi connectivity index (χ3v) is 6.00. The Morgan fingerprint density at radius 1 is 1.17 bits per heavy atom. The van der Waals surface area contributed by atoms with Gasteiger partial charge < -0.3 is 4.74 Å². The predicted octanol–water partition coefficient (Wildman–Crippen LogP) is 4.18. The van der Waals surface area contributed by atoms with Gasteiger partial charge in [0, 0.05) is 11.6 Å². The second kappa shape index (κ2) is 6.03. The number of hydrogen-bond donors (Lipinski definition) is 0. The molecule has 2 aromatic carbocycles. The number of sulfone groups is 1. The first-order chi connectivity index (χ1) is 11.3. The van der Waals surface area contributed by atoms with Crippen LogP contribution in [0.4, 0.5) is 4.39 Å². The summed E-state index contributed by atoms with van der Waals surface area (Å²) in [6.45, 7) is 1.56. The molecule has 0 N–H and O–H groups in total. The Labute approximate surface area is 143 Å². The van der Waals surface area contributed by atoms with Gasteiger partial charge in [0.2, 0.25) is 9.84 Å².